The predicted molar refractivity (Wildman–Crippen MR) is 132 cm³/mol. The minimum atomic E-state index is -1.05. The molecule has 9 nitrogen and oxygen atoms in total. The average molecular weight is 488 g/mol. The van der Waals surface area contributed by atoms with Gasteiger partial charge in [-0.25, -0.2) is 9.96 Å². The van der Waals surface area contributed by atoms with Gasteiger partial charge in [-0.1, -0.05) is 43.7 Å². The summed E-state index contributed by atoms with van der Waals surface area (Å²) < 4.78 is 5.69. The Bertz CT molecular complexity index is 1280. The van der Waals surface area contributed by atoms with Gasteiger partial charge in [-0.2, -0.15) is 0 Å². The number of nitro benzene ring substituents is 1. The summed E-state index contributed by atoms with van der Waals surface area (Å²) in [4.78, 5) is 45.3. The largest absolute Gasteiger partial charge is 0.494 e. The number of para-hydroxylation sites is 1. The van der Waals surface area contributed by atoms with Gasteiger partial charge in [0.2, 0.25) is 5.91 Å². The van der Waals surface area contributed by atoms with Crippen LogP contribution in [0.5, 0.6) is 5.75 Å². The zero-order valence-electron chi connectivity index (χ0n) is 19.7. The van der Waals surface area contributed by atoms with Crippen LogP contribution in [0, 0.1) is 16.0 Å². The Hall–Kier alpha value is -4.24. The number of hydrogen-bond donors (Lipinski definition) is 0. The van der Waals surface area contributed by atoms with Gasteiger partial charge in [0.05, 0.1) is 28.9 Å². The highest BCUT2D eigenvalue weighted by Crippen LogP contribution is 2.48. The van der Waals surface area contributed by atoms with Crippen molar-refractivity contribution in [3.8, 4) is 5.75 Å². The van der Waals surface area contributed by atoms with Gasteiger partial charge < -0.3 is 4.74 Å². The molecule has 0 radical (unpaired) electrons. The maximum absolute atomic E-state index is 13.7. The van der Waals surface area contributed by atoms with Gasteiger partial charge >= 0.3 is 0 Å². The highest BCUT2D eigenvalue weighted by Gasteiger charge is 2.60. The first-order valence-electron chi connectivity index (χ1n) is 11.9. The van der Waals surface area contributed by atoms with Crippen LogP contribution in [0.25, 0.3) is 0 Å². The summed E-state index contributed by atoms with van der Waals surface area (Å²) in [5, 5.41) is 13.0. The number of carbonyl (C=O) groups is 2. The number of nitro groups is 1. The molecule has 3 aromatic carbocycles. The number of fused-ring (bicyclic) bond motifs is 1. The number of hydrogen-bond acceptors (Lipinski definition) is 7. The van der Waals surface area contributed by atoms with Gasteiger partial charge in [-0.05, 0) is 48.4 Å². The predicted octanol–water partition coefficient (Wildman–Crippen LogP) is 4.82. The minimum Gasteiger partial charge on any atom is -0.494 e. The highest BCUT2D eigenvalue weighted by atomic mass is 16.7. The number of hydroxylamine groups is 1. The summed E-state index contributed by atoms with van der Waals surface area (Å²) in [6.07, 6.45) is 0.897. The summed E-state index contributed by atoms with van der Waals surface area (Å²) in [6.45, 7) is 2.67. The number of amides is 2. The fourth-order valence-electron chi connectivity index (χ4n) is 4.65. The second kappa shape index (κ2) is 9.79. The molecule has 0 spiro atoms. The summed E-state index contributed by atoms with van der Waals surface area (Å²) in [6, 6.07) is 21.3. The third kappa shape index (κ3) is 4.18. The van der Waals surface area contributed by atoms with E-state index in [0.29, 0.717) is 29.3 Å². The van der Waals surface area contributed by atoms with Crippen LogP contribution in [-0.2, 0) is 14.4 Å². The van der Waals surface area contributed by atoms with E-state index in [4.69, 9.17) is 9.57 Å². The van der Waals surface area contributed by atoms with Gasteiger partial charge in [0.15, 0.2) is 6.10 Å². The first-order chi connectivity index (χ1) is 17.5. The molecule has 0 N–H and O–H groups in total. The summed E-state index contributed by atoms with van der Waals surface area (Å²) in [5.74, 6) is -1.11. The number of benzene rings is 3. The molecule has 2 aliphatic heterocycles. The summed E-state index contributed by atoms with van der Waals surface area (Å²) in [5.41, 5.74) is 1.48. The molecule has 0 aliphatic carbocycles. The van der Waals surface area contributed by atoms with Crippen molar-refractivity contribution >= 4 is 28.9 Å². The van der Waals surface area contributed by atoms with Crippen molar-refractivity contribution in [1.82, 2.24) is 0 Å². The average Bonchev–Trinajstić information content (AvgIpc) is 3.41. The van der Waals surface area contributed by atoms with E-state index in [1.807, 2.05) is 18.2 Å². The molecule has 36 heavy (non-hydrogen) atoms. The highest BCUT2D eigenvalue weighted by molar-refractivity contribution is 6.23. The quantitative estimate of drug-likeness (QED) is 0.194. The fraction of sp³-hybridized carbons (Fsp3) is 0.259. The van der Waals surface area contributed by atoms with E-state index in [0.717, 1.165) is 17.7 Å². The van der Waals surface area contributed by atoms with Gasteiger partial charge in [0.1, 0.15) is 11.7 Å². The number of rotatable bonds is 8. The molecule has 0 saturated carbocycles. The van der Waals surface area contributed by atoms with Crippen molar-refractivity contribution in [2.45, 2.75) is 31.9 Å². The number of anilines is 2. The maximum atomic E-state index is 13.7. The lowest BCUT2D eigenvalue weighted by molar-refractivity contribution is -0.384. The second-order valence-electron chi connectivity index (χ2n) is 8.72. The SMILES string of the molecule is CCCCOc1ccc(N2C(=O)[C@@H]3[C@@H](ON(c4ccccc4)[C@H]3c3cccc([N+](=O)[O-])c3)C2=O)cc1. The molecular formula is C27H25N3O6. The molecular weight excluding hydrogens is 462 g/mol. The lowest BCUT2D eigenvalue weighted by atomic mass is 9.90. The first-order valence-corrected chi connectivity index (χ1v) is 11.9. The number of non-ortho nitro benzene ring substituents is 1. The van der Waals surface area contributed by atoms with E-state index in [-0.39, 0.29) is 5.69 Å². The number of carbonyl (C=O) groups excluding carboxylic acids is 2. The standard InChI is InChI=1S/C27H25N3O6/c1-2-3-16-35-22-14-12-19(13-15-22)28-26(31)23-24(18-8-7-11-21(17-18)30(33)34)29(36-25(23)27(28)32)20-9-5-4-6-10-20/h4-15,17,23-25H,2-3,16H2,1H3/t23-,24-,25+/m0/s1. The molecule has 2 amide bonds. The van der Waals surface area contributed by atoms with E-state index < -0.39 is 34.8 Å². The number of unbranched alkanes of at least 4 members (excludes halogenated alkanes) is 1. The van der Waals surface area contributed by atoms with Gasteiger partial charge in [-0.15, -0.1) is 0 Å². The minimum absolute atomic E-state index is 0.101. The Labute approximate surface area is 207 Å². The molecule has 0 unspecified atom stereocenters. The smallest absolute Gasteiger partial charge is 0.269 e. The topological polar surface area (TPSA) is 102 Å². The van der Waals surface area contributed by atoms with Crippen molar-refractivity contribution < 1.29 is 24.1 Å². The van der Waals surface area contributed by atoms with E-state index in [1.54, 1.807) is 48.5 Å². The Morgan fingerprint density at radius 1 is 0.944 bits per heavy atom. The zero-order chi connectivity index (χ0) is 25.2. The lowest BCUT2D eigenvalue weighted by Gasteiger charge is -2.28. The molecule has 3 atom stereocenters. The van der Waals surface area contributed by atoms with Gasteiger partial charge in [0.25, 0.3) is 11.6 Å². The Morgan fingerprint density at radius 3 is 2.39 bits per heavy atom. The molecule has 2 fully saturated rings. The maximum Gasteiger partial charge on any atom is 0.269 e. The molecule has 184 valence electrons. The number of imide groups is 1. The summed E-state index contributed by atoms with van der Waals surface area (Å²) >= 11 is 0. The lowest BCUT2D eigenvalue weighted by Crippen LogP contribution is -2.37. The molecule has 2 saturated heterocycles. The molecule has 2 aliphatic rings. The van der Waals surface area contributed by atoms with E-state index in [1.165, 1.54) is 17.2 Å². The third-order valence-electron chi connectivity index (χ3n) is 6.41. The van der Waals surface area contributed by atoms with Crippen LogP contribution in [0.2, 0.25) is 0 Å². The fourth-order valence-corrected chi connectivity index (χ4v) is 4.65. The van der Waals surface area contributed by atoms with Crippen molar-refractivity contribution in [1.29, 1.82) is 0 Å². The van der Waals surface area contributed by atoms with E-state index in [9.17, 15) is 19.7 Å². The van der Waals surface area contributed by atoms with Crippen molar-refractivity contribution in [3.63, 3.8) is 0 Å². The molecule has 2 heterocycles. The van der Waals surface area contributed by atoms with Crippen molar-refractivity contribution in [2.75, 3.05) is 16.6 Å². The third-order valence-corrected chi connectivity index (χ3v) is 6.41. The van der Waals surface area contributed by atoms with E-state index in [2.05, 4.69) is 6.92 Å². The van der Waals surface area contributed by atoms with Crippen LogP contribution in [0.3, 0.4) is 0 Å². The molecule has 9 heteroatoms. The molecule has 0 aromatic heterocycles. The van der Waals surface area contributed by atoms with Crippen LogP contribution >= 0.6 is 0 Å². The van der Waals surface area contributed by atoms with Crippen LogP contribution in [0.1, 0.15) is 31.4 Å². The molecule has 3 aromatic rings. The van der Waals surface area contributed by atoms with Gasteiger partial charge in [0, 0.05) is 12.1 Å². The molecule has 0 bridgehead atoms. The number of ether oxygens (including phenoxy) is 1. The second-order valence-corrected chi connectivity index (χ2v) is 8.72. The Kier molecular flexibility index (Phi) is 6.39. The van der Waals surface area contributed by atoms with Crippen molar-refractivity contribution in [3.05, 3.63) is 94.5 Å². The molecule has 5 rings (SSSR count). The van der Waals surface area contributed by atoms with Crippen LogP contribution in [0.15, 0.2) is 78.9 Å². The summed E-state index contributed by atoms with van der Waals surface area (Å²) in [7, 11) is 0. The van der Waals surface area contributed by atoms with Crippen molar-refractivity contribution in [2.24, 2.45) is 5.92 Å². The van der Waals surface area contributed by atoms with Gasteiger partial charge in [-0.3, -0.25) is 24.5 Å². The van der Waals surface area contributed by atoms with Crippen LogP contribution < -0.4 is 14.7 Å². The Morgan fingerprint density at radius 2 is 1.69 bits per heavy atom. The normalized spacial score (nSPS) is 21.1. The van der Waals surface area contributed by atoms with E-state index >= 15 is 0 Å². The zero-order valence-corrected chi connectivity index (χ0v) is 19.7. The van der Waals surface area contributed by atoms with Crippen LogP contribution in [-0.4, -0.2) is 29.4 Å². The monoisotopic (exact) mass is 487 g/mol. The van der Waals surface area contributed by atoms with Crippen LogP contribution in [0.4, 0.5) is 17.1 Å². The Balaban J connectivity index is 1.49. The number of nitrogens with zero attached hydrogens (tertiary/aromatic N) is 3. The first kappa shape index (κ1) is 23.5.